The van der Waals surface area contributed by atoms with Crippen molar-refractivity contribution in [1.82, 2.24) is 0 Å². The van der Waals surface area contributed by atoms with E-state index >= 15 is 0 Å². The molecule has 3 aromatic carbocycles. The van der Waals surface area contributed by atoms with Crippen LogP contribution in [0.15, 0.2) is 91.0 Å². The Morgan fingerprint density at radius 1 is 0.680 bits per heavy atom. The molecule has 0 heterocycles. The summed E-state index contributed by atoms with van der Waals surface area (Å²) in [5.41, 5.74) is 0. The number of carboxylic acid groups (broad SMARTS) is 1. The van der Waals surface area contributed by atoms with Crippen molar-refractivity contribution in [1.29, 1.82) is 0 Å². The lowest BCUT2D eigenvalue weighted by atomic mass is 10.3. The first-order chi connectivity index (χ1) is 12.2. The van der Waals surface area contributed by atoms with Crippen LogP contribution >= 0.6 is 7.26 Å². The van der Waals surface area contributed by atoms with Gasteiger partial charge in [-0.05, 0) is 49.2 Å². The molecule has 0 atom stereocenters. The molecule has 0 aliphatic heterocycles. The molecule has 124 valence electrons. The molecule has 1 aliphatic rings. The summed E-state index contributed by atoms with van der Waals surface area (Å²) < 4.78 is 0. The number of carbonyl (C=O) groups is 1. The van der Waals surface area contributed by atoms with E-state index in [9.17, 15) is 9.90 Å². The smallest absolute Gasteiger partial charge is 0.133 e. The highest BCUT2D eigenvalue weighted by molar-refractivity contribution is 7.97. The van der Waals surface area contributed by atoms with Crippen molar-refractivity contribution < 1.29 is 9.90 Å². The minimum absolute atomic E-state index is 0.668. The third-order valence-corrected chi connectivity index (χ3v) is 10.3. The highest BCUT2D eigenvalue weighted by Crippen LogP contribution is 2.75. The zero-order valence-corrected chi connectivity index (χ0v) is 14.7. The first-order valence-corrected chi connectivity index (χ1v) is 10.3. The van der Waals surface area contributed by atoms with E-state index < -0.39 is 18.4 Å². The van der Waals surface area contributed by atoms with Gasteiger partial charge in [-0.3, -0.25) is 0 Å². The molecule has 1 saturated carbocycles. The van der Waals surface area contributed by atoms with E-state index in [4.69, 9.17) is 0 Å². The van der Waals surface area contributed by atoms with Crippen LogP contribution in [0.5, 0.6) is 0 Å². The number of aliphatic carboxylic acids is 1. The summed E-state index contributed by atoms with van der Waals surface area (Å²) >= 11 is 0. The SMILES string of the molecule is O=C([O-])C1([P+](c2ccccc2)(c2ccccc2)c2ccccc2)CC1. The Kier molecular flexibility index (Phi) is 3.94. The van der Waals surface area contributed by atoms with E-state index in [-0.39, 0.29) is 0 Å². The molecule has 2 nitrogen and oxygen atoms in total. The maximum absolute atomic E-state index is 12.4. The highest BCUT2D eigenvalue weighted by Gasteiger charge is 2.70. The van der Waals surface area contributed by atoms with Gasteiger partial charge in [-0.1, -0.05) is 54.6 Å². The molecule has 0 bridgehead atoms. The summed E-state index contributed by atoms with van der Waals surface area (Å²) in [5, 5.41) is 14.9. The van der Waals surface area contributed by atoms with Crippen LogP contribution in [-0.2, 0) is 4.79 Å². The van der Waals surface area contributed by atoms with Crippen LogP contribution in [-0.4, -0.2) is 11.1 Å². The van der Waals surface area contributed by atoms with E-state index in [0.717, 1.165) is 15.9 Å². The second kappa shape index (κ2) is 6.13. The van der Waals surface area contributed by atoms with E-state index in [1.165, 1.54) is 0 Å². The Balaban J connectivity index is 2.12. The Morgan fingerprint density at radius 2 is 1.00 bits per heavy atom. The zero-order chi connectivity index (χ0) is 17.3. The molecule has 3 heteroatoms. The number of rotatable bonds is 5. The molecule has 1 fully saturated rings. The van der Waals surface area contributed by atoms with Crippen LogP contribution in [0.25, 0.3) is 0 Å². The van der Waals surface area contributed by atoms with Crippen LogP contribution in [0, 0.1) is 0 Å². The van der Waals surface area contributed by atoms with Crippen LogP contribution in [0.3, 0.4) is 0 Å². The van der Waals surface area contributed by atoms with Gasteiger partial charge in [0, 0.05) is 0 Å². The topological polar surface area (TPSA) is 40.1 Å². The van der Waals surface area contributed by atoms with Gasteiger partial charge in [0.15, 0.2) is 0 Å². The summed E-state index contributed by atoms with van der Waals surface area (Å²) in [6.45, 7) is 0. The number of hydrogen-bond acceptors (Lipinski definition) is 2. The molecular weight excluding hydrogens is 327 g/mol. The standard InChI is InChI=1S/C22H19O2P/c23-21(24)22(16-17-22)25(18-10-4-1-5-11-18,19-12-6-2-7-13-19)20-14-8-3-9-15-20/h1-15H,16-17H2. The van der Waals surface area contributed by atoms with Crippen molar-refractivity contribution in [2.45, 2.75) is 18.0 Å². The van der Waals surface area contributed by atoms with Crippen LogP contribution < -0.4 is 21.0 Å². The van der Waals surface area contributed by atoms with Gasteiger partial charge in [0.05, 0.1) is 5.97 Å². The first-order valence-electron chi connectivity index (χ1n) is 8.49. The molecule has 0 amide bonds. The fraction of sp³-hybridized carbons (Fsp3) is 0.136. The van der Waals surface area contributed by atoms with Gasteiger partial charge < -0.3 is 9.90 Å². The highest BCUT2D eigenvalue weighted by atomic mass is 31.2. The third kappa shape index (κ3) is 2.33. The molecule has 3 aromatic rings. The monoisotopic (exact) mass is 346 g/mol. The number of carbonyl (C=O) groups excluding carboxylic acids is 1. The number of benzene rings is 3. The quantitative estimate of drug-likeness (QED) is 0.665. The van der Waals surface area contributed by atoms with Crippen molar-refractivity contribution in [3.8, 4) is 0 Å². The Labute approximate surface area is 148 Å². The van der Waals surface area contributed by atoms with Gasteiger partial charge in [0.1, 0.15) is 28.3 Å². The van der Waals surface area contributed by atoms with E-state index in [1.54, 1.807) is 0 Å². The molecule has 4 rings (SSSR count). The normalized spacial score (nSPS) is 15.5. The average molecular weight is 346 g/mol. The van der Waals surface area contributed by atoms with Crippen LogP contribution in [0.2, 0.25) is 0 Å². The Morgan fingerprint density at radius 3 is 1.24 bits per heavy atom. The van der Waals surface area contributed by atoms with Crippen LogP contribution in [0.1, 0.15) is 12.8 Å². The minimum atomic E-state index is -2.36. The zero-order valence-electron chi connectivity index (χ0n) is 13.8. The second-order valence-corrected chi connectivity index (χ2v) is 10.2. The average Bonchev–Trinajstić information content (AvgIpc) is 3.48. The van der Waals surface area contributed by atoms with Crippen molar-refractivity contribution >= 4 is 29.1 Å². The molecule has 0 unspecified atom stereocenters. The summed E-state index contributed by atoms with van der Waals surface area (Å²) in [5.74, 6) is -0.919. The van der Waals surface area contributed by atoms with Crippen molar-refractivity contribution in [2.75, 3.05) is 0 Å². The lowest BCUT2D eigenvalue weighted by Gasteiger charge is -2.35. The summed E-state index contributed by atoms with van der Waals surface area (Å²) in [6.07, 6.45) is 1.34. The summed E-state index contributed by atoms with van der Waals surface area (Å²) in [7, 11) is -2.36. The molecule has 25 heavy (non-hydrogen) atoms. The second-order valence-electron chi connectivity index (χ2n) is 6.50. The first kappa shape index (κ1) is 16.1. The number of hydrogen-bond donors (Lipinski definition) is 0. The number of carboxylic acids is 1. The molecule has 0 saturated heterocycles. The lowest BCUT2D eigenvalue weighted by molar-refractivity contribution is -0.306. The third-order valence-electron chi connectivity index (χ3n) is 5.18. The van der Waals surface area contributed by atoms with Gasteiger partial charge >= 0.3 is 0 Å². The molecule has 0 N–H and O–H groups in total. The predicted molar refractivity (Wildman–Crippen MR) is 102 cm³/mol. The molecule has 0 aromatic heterocycles. The van der Waals surface area contributed by atoms with Gasteiger partial charge in [-0.25, -0.2) is 0 Å². The predicted octanol–water partition coefficient (Wildman–Crippen LogP) is 2.26. The van der Waals surface area contributed by atoms with Crippen LogP contribution in [0.4, 0.5) is 0 Å². The maximum Gasteiger partial charge on any atom is 0.133 e. The fourth-order valence-electron chi connectivity index (χ4n) is 3.94. The van der Waals surface area contributed by atoms with E-state index in [2.05, 4.69) is 36.4 Å². The van der Waals surface area contributed by atoms with Gasteiger partial charge in [0.2, 0.25) is 0 Å². The summed E-state index contributed by atoms with van der Waals surface area (Å²) in [4.78, 5) is 12.4. The van der Waals surface area contributed by atoms with Crippen molar-refractivity contribution in [3.05, 3.63) is 91.0 Å². The van der Waals surface area contributed by atoms with Gasteiger partial charge in [0.25, 0.3) is 0 Å². The molecule has 1 aliphatic carbocycles. The minimum Gasteiger partial charge on any atom is -0.546 e. The van der Waals surface area contributed by atoms with Gasteiger partial charge in [-0.15, -0.1) is 0 Å². The molecular formula is C22H19O2P. The van der Waals surface area contributed by atoms with E-state index in [1.807, 2.05) is 54.6 Å². The Hall–Kier alpha value is -2.44. The fourth-order valence-corrected chi connectivity index (χ4v) is 9.23. The lowest BCUT2D eigenvalue weighted by Crippen LogP contribution is -2.49. The summed E-state index contributed by atoms with van der Waals surface area (Å²) in [6, 6.07) is 30.4. The van der Waals surface area contributed by atoms with Crippen molar-refractivity contribution in [2.24, 2.45) is 0 Å². The maximum atomic E-state index is 12.4. The van der Waals surface area contributed by atoms with Gasteiger partial charge in [-0.2, -0.15) is 0 Å². The van der Waals surface area contributed by atoms with Crippen molar-refractivity contribution in [3.63, 3.8) is 0 Å². The molecule has 0 spiro atoms. The largest absolute Gasteiger partial charge is 0.546 e. The van der Waals surface area contributed by atoms with E-state index in [0.29, 0.717) is 12.8 Å². The molecule has 0 radical (unpaired) electrons. The Bertz CT molecular complexity index is 775.